The van der Waals surface area contributed by atoms with Crippen molar-refractivity contribution in [1.29, 1.82) is 0 Å². The second-order valence-corrected chi connectivity index (χ2v) is 10.4. The summed E-state index contributed by atoms with van der Waals surface area (Å²) < 4.78 is 41.1. The van der Waals surface area contributed by atoms with Crippen LogP contribution in [0.1, 0.15) is 42.9 Å². The van der Waals surface area contributed by atoms with Crippen LogP contribution in [0.4, 0.5) is 0 Å². The molecule has 3 aromatic carbocycles. The summed E-state index contributed by atoms with van der Waals surface area (Å²) in [6, 6.07) is 20.3. The van der Waals surface area contributed by atoms with Gasteiger partial charge in [-0.25, -0.2) is 0 Å². The van der Waals surface area contributed by atoms with Gasteiger partial charge in [0.2, 0.25) is 0 Å². The number of benzene rings is 3. The fraction of sp³-hybridized carbons (Fsp3) is 0.286. The lowest BCUT2D eigenvalue weighted by Gasteiger charge is -2.23. The van der Waals surface area contributed by atoms with Crippen LogP contribution in [0, 0.1) is 6.92 Å². The molecule has 0 heterocycles. The minimum absolute atomic E-state index is 0.0275. The third-order valence-electron chi connectivity index (χ3n) is 5.51. The van der Waals surface area contributed by atoms with Gasteiger partial charge < -0.3 is 19.4 Å². The number of hydrogen-bond donors (Lipinski definition) is 1. The molecule has 2 unspecified atom stereocenters. The van der Waals surface area contributed by atoms with E-state index in [4.69, 9.17) is 19.4 Å². The quantitative estimate of drug-likeness (QED) is 0.291. The molecular weight excluding hydrogens is 494 g/mol. The van der Waals surface area contributed by atoms with Crippen molar-refractivity contribution in [2.45, 2.75) is 56.8 Å². The minimum atomic E-state index is -4.03. The third-order valence-corrected chi connectivity index (χ3v) is 6.77. The molecule has 0 aliphatic heterocycles. The molecule has 3 aromatic rings. The molecule has 3 rings (SSSR count). The maximum atomic E-state index is 12.8. The lowest BCUT2D eigenvalue weighted by molar-refractivity contribution is -0.150. The van der Waals surface area contributed by atoms with Gasteiger partial charge in [-0.05, 0) is 56.2 Å². The largest absolute Gasteiger partial charge is 0.463 e. The summed E-state index contributed by atoms with van der Waals surface area (Å²) in [7, 11) is -4.03. The first-order valence-electron chi connectivity index (χ1n) is 11.8. The Kier molecular flexibility index (Phi) is 9.43. The molecule has 8 nitrogen and oxygen atoms in total. The standard InChI is InChI=1S/C28H31NO7S/c1-19(2)35-26(30)17-25(27(29)28(31)34-18-21-7-5-4-6-8-21)22-11-13-23(14-12-22)36-37(32,33)24-15-9-20(3)10-16-24/h4-16,19,25,27H,17-18,29H2,1-3H3. The summed E-state index contributed by atoms with van der Waals surface area (Å²) in [6.07, 6.45) is -0.501. The number of rotatable bonds is 11. The van der Waals surface area contributed by atoms with Crippen molar-refractivity contribution in [2.24, 2.45) is 5.73 Å². The predicted octanol–water partition coefficient (Wildman–Crippen LogP) is 4.26. The van der Waals surface area contributed by atoms with Gasteiger partial charge in [-0.15, -0.1) is 0 Å². The highest BCUT2D eigenvalue weighted by atomic mass is 32.2. The molecule has 9 heteroatoms. The van der Waals surface area contributed by atoms with Crippen molar-refractivity contribution >= 4 is 22.1 Å². The van der Waals surface area contributed by atoms with E-state index < -0.39 is 34.0 Å². The van der Waals surface area contributed by atoms with E-state index in [1.54, 1.807) is 38.1 Å². The van der Waals surface area contributed by atoms with Gasteiger partial charge in [0.25, 0.3) is 0 Å². The van der Waals surface area contributed by atoms with Crippen LogP contribution in [0.5, 0.6) is 5.75 Å². The second-order valence-electron chi connectivity index (χ2n) is 8.89. The van der Waals surface area contributed by atoms with E-state index in [9.17, 15) is 18.0 Å². The van der Waals surface area contributed by atoms with Crippen LogP contribution in [-0.4, -0.2) is 32.5 Å². The Morgan fingerprint density at radius 3 is 2.11 bits per heavy atom. The van der Waals surface area contributed by atoms with E-state index in [0.717, 1.165) is 11.1 Å². The highest BCUT2D eigenvalue weighted by Crippen LogP contribution is 2.28. The molecule has 0 saturated heterocycles. The van der Waals surface area contributed by atoms with Gasteiger partial charge in [0.05, 0.1) is 12.5 Å². The molecule has 0 aliphatic rings. The summed E-state index contributed by atoms with van der Waals surface area (Å²) in [4.78, 5) is 25.2. The monoisotopic (exact) mass is 525 g/mol. The van der Waals surface area contributed by atoms with Crippen LogP contribution in [-0.2, 0) is 35.8 Å². The summed E-state index contributed by atoms with van der Waals surface area (Å²) in [5.41, 5.74) is 8.51. The normalized spacial score (nSPS) is 13.0. The van der Waals surface area contributed by atoms with Gasteiger partial charge >= 0.3 is 22.1 Å². The van der Waals surface area contributed by atoms with Crippen LogP contribution in [0.3, 0.4) is 0 Å². The topological polar surface area (TPSA) is 122 Å². The highest BCUT2D eigenvalue weighted by Gasteiger charge is 2.31. The van der Waals surface area contributed by atoms with Crippen molar-refractivity contribution in [2.75, 3.05) is 0 Å². The average Bonchev–Trinajstić information content (AvgIpc) is 2.86. The lowest BCUT2D eigenvalue weighted by atomic mass is 9.89. The molecule has 0 amide bonds. The maximum Gasteiger partial charge on any atom is 0.339 e. The number of carbonyl (C=O) groups is 2. The van der Waals surface area contributed by atoms with Crippen molar-refractivity contribution in [3.05, 3.63) is 95.6 Å². The number of hydrogen-bond acceptors (Lipinski definition) is 8. The first-order chi connectivity index (χ1) is 17.5. The molecule has 2 N–H and O–H groups in total. The number of carbonyl (C=O) groups excluding carboxylic acids is 2. The van der Waals surface area contributed by atoms with Crippen LogP contribution < -0.4 is 9.92 Å². The smallest absolute Gasteiger partial charge is 0.339 e. The van der Waals surface area contributed by atoms with Gasteiger partial charge in [0.15, 0.2) is 0 Å². The molecule has 0 saturated carbocycles. The van der Waals surface area contributed by atoms with Crippen molar-refractivity contribution in [3.63, 3.8) is 0 Å². The zero-order chi connectivity index (χ0) is 27.0. The summed E-state index contributed by atoms with van der Waals surface area (Å²) >= 11 is 0. The zero-order valence-corrected chi connectivity index (χ0v) is 21.8. The molecule has 0 bridgehead atoms. The van der Waals surface area contributed by atoms with Crippen molar-refractivity contribution in [1.82, 2.24) is 0 Å². The summed E-state index contributed by atoms with van der Waals surface area (Å²) in [5, 5.41) is 0. The highest BCUT2D eigenvalue weighted by molar-refractivity contribution is 7.87. The Bertz CT molecular complexity index is 1290. The van der Waals surface area contributed by atoms with E-state index in [-0.39, 0.29) is 29.8 Å². The van der Waals surface area contributed by atoms with E-state index >= 15 is 0 Å². The third kappa shape index (κ3) is 8.16. The Labute approximate surface area is 217 Å². The van der Waals surface area contributed by atoms with Gasteiger partial charge in [-0.1, -0.05) is 60.2 Å². The minimum Gasteiger partial charge on any atom is -0.463 e. The number of nitrogens with two attached hydrogens (primary N) is 1. The van der Waals surface area contributed by atoms with Gasteiger partial charge in [-0.2, -0.15) is 8.42 Å². The Hall–Kier alpha value is -3.69. The molecule has 0 aromatic heterocycles. The fourth-order valence-electron chi connectivity index (χ4n) is 3.58. The maximum absolute atomic E-state index is 12.8. The first kappa shape index (κ1) is 27.9. The Morgan fingerprint density at radius 1 is 0.892 bits per heavy atom. The predicted molar refractivity (Wildman–Crippen MR) is 138 cm³/mol. The Balaban J connectivity index is 1.77. The summed E-state index contributed by atoms with van der Waals surface area (Å²) in [6.45, 7) is 5.34. The molecule has 2 atom stereocenters. The van der Waals surface area contributed by atoms with Crippen LogP contribution >= 0.6 is 0 Å². The van der Waals surface area contributed by atoms with Gasteiger partial charge in [0.1, 0.15) is 23.3 Å². The first-order valence-corrected chi connectivity index (χ1v) is 13.2. The summed E-state index contributed by atoms with van der Waals surface area (Å²) in [5.74, 6) is -1.88. The van der Waals surface area contributed by atoms with Crippen LogP contribution in [0.25, 0.3) is 0 Å². The Morgan fingerprint density at radius 2 is 1.51 bits per heavy atom. The van der Waals surface area contributed by atoms with Crippen LogP contribution in [0.15, 0.2) is 83.8 Å². The van der Waals surface area contributed by atoms with Crippen LogP contribution in [0.2, 0.25) is 0 Å². The van der Waals surface area contributed by atoms with E-state index in [2.05, 4.69) is 0 Å². The molecule has 0 fully saturated rings. The van der Waals surface area contributed by atoms with Gasteiger partial charge in [-0.3, -0.25) is 9.59 Å². The van der Waals surface area contributed by atoms with E-state index in [1.165, 1.54) is 24.3 Å². The van der Waals surface area contributed by atoms with Crippen molar-refractivity contribution in [3.8, 4) is 5.75 Å². The average molecular weight is 526 g/mol. The van der Waals surface area contributed by atoms with E-state index in [0.29, 0.717) is 5.56 Å². The molecule has 37 heavy (non-hydrogen) atoms. The van der Waals surface area contributed by atoms with E-state index in [1.807, 2.05) is 37.3 Å². The molecular formula is C28H31NO7S. The zero-order valence-electron chi connectivity index (χ0n) is 21.0. The van der Waals surface area contributed by atoms with Crippen molar-refractivity contribution < 1.29 is 31.7 Å². The molecule has 0 aliphatic carbocycles. The lowest BCUT2D eigenvalue weighted by Crippen LogP contribution is -2.39. The number of ether oxygens (including phenoxy) is 2. The fourth-order valence-corrected chi connectivity index (χ4v) is 4.51. The number of esters is 2. The number of aryl methyl sites for hydroxylation is 1. The van der Waals surface area contributed by atoms with Gasteiger partial charge in [0, 0.05) is 5.92 Å². The molecule has 0 radical (unpaired) electrons. The molecule has 196 valence electrons. The second kappa shape index (κ2) is 12.5. The SMILES string of the molecule is Cc1ccc(S(=O)(=O)Oc2ccc(C(CC(=O)OC(C)C)C(N)C(=O)OCc3ccccc3)cc2)cc1. The molecule has 0 spiro atoms.